The van der Waals surface area contributed by atoms with Crippen LogP contribution < -0.4 is 0 Å². The molecule has 1 fully saturated rings. The molecule has 5 nitrogen and oxygen atoms in total. The summed E-state index contributed by atoms with van der Waals surface area (Å²) in [7, 11) is 0. The van der Waals surface area contributed by atoms with Gasteiger partial charge in [-0.15, -0.1) is 0 Å². The van der Waals surface area contributed by atoms with Gasteiger partial charge in [-0.3, -0.25) is 4.79 Å². The molecule has 0 saturated carbocycles. The highest BCUT2D eigenvalue weighted by Crippen LogP contribution is 2.28. The second-order valence-electron chi connectivity index (χ2n) is 5.35. The van der Waals surface area contributed by atoms with Gasteiger partial charge in [0.25, 0.3) is 5.91 Å². The molecule has 1 saturated heterocycles. The summed E-state index contributed by atoms with van der Waals surface area (Å²) >= 11 is 6.83. The molecule has 23 heavy (non-hydrogen) atoms. The third-order valence-electron chi connectivity index (χ3n) is 3.86. The van der Waals surface area contributed by atoms with Crippen LogP contribution in [0.5, 0.6) is 0 Å². The van der Waals surface area contributed by atoms with E-state index in [4.69, 9.17) is 17.0 Å². The molecular weight excluding hydrogens is 330 g/mol. The van der Waals surface area contributed by atoms with Gasteiger partial charge in [0.15, 0.2) is 0 Å². The van der Waals surface area contributed by atoms with E-state index in [1.807, 2.05) is 30.3 Å². The van der Waals surface area contributed by atoms with Crippen LogP contribution in [0.25, 0.3) is 0 Å². The Labute approximate surface area is 145 Å². The fourth-order valence-electron chi connectivity index (χ4n) is 2.63. The monoisotopic (exact) mass is 349 g/mol. The maximum atomic E-state index is 12.5. The number of hydrogen-bond acceptors (Lipinski definition) is 5. The third kappa shape index (κ3) is 4.10. The predicted octanol–water partition coefficient (Wildman–Crippen LogP) is 2.30. The number of amides is 1. The van der Waals surface area contributed by atoms with Gasteiger partial charge in [0.2, 0.25) is 0 Å². The van der Waals surface area contributed by atoms with E-state index >= 15 is 0 Å². The summed E-state index contributed by atoms with van der Waals surface area (Å²) in [6.07, 6.45) is 2.56. The Hall–Kier alpha value is -1.44. The van der Waals surface area contributed by atoms with Gasteiger partial charge in [0, 0.05) is 25.7 Å². The number of hydrogen-bond donors (Lipinski definition) is 0. The Bertz CT molecular complexity index is 588. The van der Waals surface area contributed by atoms with E-state index in [9.17, 15) is 4.79 Å². The summed E-state index contributed by atoms with van der Waals surface area (Å²) in [5.41, 5.74) is 1.11. The highest BCUT2D eigenvalue weighted by molar-refractivity contribution is 8.23. The van der Waals surface area contributed by atoms with Crippen molar-refractivity contribution in [3.8, 4) is 0 Å². The molecule has 0 aliphatic carbocycles. The zero-order valence-electron chi connectivity index (χ0n) is 12.8. The van der Waals surface area contributed by atoms with Crippen molar-refractivity contribution < 1.29 is 9.53 Å². The first-order valence-electron chi connectivity index (χ1n) is 7.64. The van der Waals surface area contributed by atoms with E-state index in [2.05, 4.69) is 10.0 Å². The second-order valence-corrected chi connectivity index (χ2v) is 6.96. The molecular formula is C16H19N3O2S2. The summed E-state index contributed by atoms with van der Waals surface area (Å²) < 4.78 is 6.08. The fourth-order valence-corrected chi connectivity index (χ4v) is 3.74. The molecule has 122 valence electrons. The van der Waals surface area contributed by atoms with Crippen LogP contribution in [0, 0.1) is 0 Å². The number of nitrogens with zero attached hydrogens (tertiary/aromatic N) is 3. The van der Waals surface area contributed by atoms with Crippen molar-refractivity contribution >= 4 is 40.4 Å². The standard InChI is InChI=1S/C16H19N3O2S2/c20-15(12-23-16(22)18-8-10-21-11-9-18)19-14(6-7-17-19)13-4-2-1-3-5-13/h1-5,7,14H,6,8-12H2/t14-/m0/s1. The van der Waals surface area contributed by atoms with Gasteiger partial charge >= 0.3 is 0 Å². The number of carbonyl (C=O) groups excluding carboxylic acids is 1. The molecule has 0 unspecified atom stereocenters. The minimum atomic E-state index is -0.00628. The van der Waals surface area contributed by atoms with E-state index in [1.54, 1.807) is 11.2 Å². The van der Waals surface area contributed by atoms with Gasteiger partial charge in [-0.2, -0.15) is 5.10 Å². The molecule has 2 aliphatic rings. The number of morpholine rings is 1. The van der Waals surface area contributed by atoms with E-state index in [1.165, 1.54) is 11.8 Å². The van der Waals surface area contributed by atoms with Crippen molar-refractivity contribution in [3.05, 3.63) is 35.9 Å². The molecule has 1 aromatic rings. The SMILES string of the molecule is O=C(CSC(=S)N1CCOCC1)N1N=CC[C@H]1c1ccccc1. The Morgan fingerprint density at radius 1 is 1.30 bits per heavy atom. The first-order chi connectivity index (χ1) is 11.3. The molecule has 1 atom stereocenters. The molecule has 1 aromatic carbocycles. The molecule has 1 amide bonds. The number of thiocarbonyl (C=S) groups is 1. The lowest BCUT2D eigenvalue weighted by Gasteiger charge is -2.29. The highest BCUT2D eigenvalue weighted by atomic mass is 32.2. The van der Waals surface area contributed by atoms with Crippen LogP contribution in [0.15, 0.2) is 35.4 Å². The molecule has 2 heterocycles. The highest BCUT2D eigenvalue weighted by Gasteiger charge is 2.28. The molecule has 2 aliphatic heterocycles. The maximum absolute atomic E-state index is 12.5. The van der Waals surface area contributed by atoms with Crippen LogP contribution in [0.3, 0.4) is 0 Å². The molecule has 0 bridgehead atoms. The Kier molecular flexibility index (Phi) is 5.64. The third-order valence-corrected chi connectivity index (χ3v) is 5.37. The number of hydrazone groups is 1. The number of ether oxygens (including phenoxy) is 1. The summed E-state index contributed by atoms with van der Waals surface area (Å²) in [5.74, 6) is 0.310. The van der Waals surface area contributed by atoms with Crippen molar-refractivity contribution in [1.82, 2.24) is 9.91 Å². The first-order valence-corrected chi connectivity index (χ1v) is 9.04. The van der Waals surface area contributed by atoms with Crippen LogP contribution in [-0.2, 0) is 9.53 Å². The van der Waals surface area contributed by atoms with Crippen molar-refractivity contribution in [1.29, 1.82) is 0 Å². The minimum absolute atomic E-state index is 0.00116. The van der Waals surface area contributed by atoms with E-state index < -0.39 is 0 Å². The lowest BCUT2D eigenvalue weighted by Crippen LogP contribution is -2.39. The molecule has 0 radical (unpaired) electrons. The van der Waals surface area contributed by atoms with Crippen LogP contribution in [0.4, 0.5) is 0 Å². The van der Waals surface area contributed by atoms with E-state index in [0.717, 1.165) is 29.4 Å². The minimum Gasteiger partial charge on any atom is -0.378 e. The van der Waals surface area contributed by atoms with Gasteiger partial charge in [0.05, 0.1) is 25.0 Å². The summed E-state index contributed by atoms with van der Waals surface area (Å²) in [5, 5.41) is 5.84. The Morgan fingerprint density at radius 3 is 2.78 bits per heavy atom. The molecule has 0 spiro atoms. The number of benzene rings is 1. The van der Waals surface area contributed by atoms with Crippen molar-refractivity contribution in [2.75, 3.05) is 32.1 Å². The summed E-state index contributed by atoms with van der Waals surface area (Å²) in [4.78, 5) is 14.6. The topological polar surface area (TPSA) is 45.1 Å². The second kappa shape index (κ2) is 7.90. The van der Waals surface area contributed by atoms with Crippen LogP contribution in [0.2, 0.25) is 0 Å². The number of rotatable bonds is 3. The van der Waals surface area contributed by atoms with Gasteiger partial charge < -0.3 is 9.64 Å². The molecule has 7 heteroatoms. The molecule has 3 rings (SSSR count). The van der Waals surface area contributed by atoms with Crippen molar-refractivity contribution in [2.24, 2.45) is 5.10 Å². The van der Waals surface area contributed by atoms with E-state index in [0.29, 0.717) is 19.0 Å². The van der Waals surface area contributed by atoms with Gasteiger partial charge in [-0.05, 0) is 5.56 Å². The zero-order valence-corrected chi connectivity index (χ0v) is 14.4. The summed E-state index contributed by atoms with van der Waals surface area (Å²) in [6.45, 7) is 2.99. The van der Waals surface area contributed by atoms with Crippen molar-refractivity contribution in [2.45, 2.75) is 12.5 Å². The predicted molar refractivity (Wildman–Crippen MR) is 96.6 cm³/mol. The Morgan fingerprint density at radius 2 is 2.04 bits per heavy atom. The largest absolute Gasteiger partial charge is 0.378 e. The number of carbonyl (C=O) groups is 1. The number of thioether (sulfide) groups is 1. The quantitative estimate of drug-likeness (QED) is 0.784. The van der Waals surface area contributed by atoms with Crippen LogP contribution in [-0.4, -0.2) is 58.4 Å². The van der Waals surface area contributed by atoms with E-state index in [-0.39, 0.29) is 11.9 Å². The summed E-state index contributed by atoms with van der Waals surface area (Å²) in [6, 6.07) is 10.0. The smallest absolute Gasteiger partial charge is 0.253 e. The lowest BCUT2D eigenvalue weighted by atomic mass is 10.0. The van der Waals surface area contributed by atoms with Gasteiger partial charge in [-0.1, -0.05) is 54.3 Å². The lowest BCUT2D eigenvalue weighted by molar-refractivity contribution is -0.130. The zero-order chi connectivity index (χ0) is 16.1. The van der Waals surface area contributed by atoms with Gasteiger partial charge in [0.1, 0.15) is 4.32 Å². The van der Waals surface area contributed by atoms with Crippen LogP contribution in [0.1, 0.15) is 18.0 Å². The van der Waals surface area contributed by atoms with Gasteiger partial charge in [-0.25, -0.2) is 5.01 Å². The van der Waals surface area contributed by atoms with Crippen LogP contribution >= 0.6 is 24.0 Å². The average Bonchev–Trinajstić information content (AvgIpc) is 3.11. The van der Waals surface area contributed by atoms with Crippen molar-refractivity contribution in [3.63, 3.8) is 0 Å². The fraction of sp³-hybridized carbons (Fsp3) is 0.438. The average molecular weight is 349 g/mol. The Balaban J connectivity index is 1.55. The molecule has 0 N–H and O–H groups in total. The first kappa shape index (κ1) is 16.4. The maximum Gasteiger partial charge on any atom is 0.253 e. The normalized spacial score (nSPS) is 20.8. The molecule has 0 aromatic heterocycles.